The predicted molar refractivity (Wildman–Crippen MR) is 93.7 cm³/mol. The molecule has 23 heavy (non-hydrogen) atoms. The molecule has 9 heteroatoms. The zero-order valence-corrected chi connectivity index (χ0v) is 14.5. The van der Waals surface area contributed by atoms with Gasteiger partial charge in [-0.1, -0.05) is 13.8 Å². The van der Waals surface area contributed by atoms with Gasteiger partial charge in [-0.3, -0.25) is 9.59 Å². The molecule has 2 amide bonds. The number of primary amides is 1. The highest BCUT2D eigenvalue weighted by atomic mass is 35.5. The van der Waals surface area contributed by atoms with Crippen LogP contribution < -0.4 is 16.8 Å². The van der Waals surface area contributed by atoms with Gasteiger partial charge < -0.3 is 21.8 Å². The zero-order chi connectivity index (χ0) is 16.3. The normalized spacial score (nSPS) is 11.8. The number of nitrogens with two attached hydrogens (primary N) is 2. The molecule has 0 unspecified atom stereocenters. The fourth-order valence-electron chi connectivity index (χ4n) is 1.96. The molecule has 2 aromatic heterocycles. The molecule has 0 saturated heterocycles. The Labute approximate surface area is 144 Å². The summed E-state index contributed by atoms with van der Waals surface area (Å²) < 4.78 is 0. The molecule has 0 bridgehead atoms. The summed E-state index contributed by atoms with van der Waals surface area (Å²) in [6.07, 6.45) is 2.26. The van der Waals surface area contributed by atoms with Crippen molar-refractivity contribution in [2.75, 3.05) is 5.32 Å². The Bertz CT molecular complexity index is 682. The van der Waals surface area contributed by atoms with Crippen molar-refractivity contribution in [3.05, 3.63) is 23.3 Å². The molecule has 7 nitrogen and oxygen atoms in total. The second-order valence-corrected chi connectivity index (χ2v) is 6.29. The van der Waals surface area contributed by atoms with Crippen LogP contribution in [-0.4, -0.2) is 27.8 Å². The molecule has 2 heterocycles. The number of carbonyl (C=O) groups is 2. The highest BCUT2D eigenvalue weighted by Gasteiger charge is 2.17. The van der Waals surface area contributed by atoms with Gasteiger partial charge in [0, 0.05) is 17.1 Å². The fourth-order valence-corrected chi connectivity index (χ4v) is 2.68. The van der Waals surface area contributed by atoms with Crippen LogP contribution in [0.5, 0.6) is 0 Å². The Morgan fingerprint density at radius 3 is 2.70 bits per heavy atom. The number of rotatable bonds is 6. The number of hydrogen-bond donors (Lipinski definition) is 4. The van der Waals surface area contributed by atoms with Crippen LogP contribution in [0.1, 0.15) is 30.8 Å². The average molecular weight is 358 g/mol. The summed E-state index contributed by atoms with van der Waals surface area (Å²) in [6.45, 7) is 4.02. The molecule has 1 atom stereocenters. The number of H-pyrrole nitrogens is 1. The van der Waals surface area contributed by atoms with Gasteiger partial charge in [0.15, 0.2) is 5.13 Å². The Balaban J connectivity index is 0.00000264. The van der Waals surface area contributed by atoms with E-state index >= 15 is 0 Å². The number of anilines is 1. The predicted octanol–water partition coefficient (Wildman–Crippen LogP) is 1.97. The number of hydrogen-bond acceptors (Lipinski definition) is 5. The number of aromatic amines is 1. The molecule has 6 N–H and O–H groups in total. The molecule has 2 aromatic rings. The quantitative estimate of drug-likeness (QED) is 0.630. The number of carbonyl (C=O) groups excluding carboxylic acids is 2. The Hall–Kier alpha value is -1.90. The maximum atomic E-state index is 12.0. The van der Waals surface area contributed by atoms with Crippen molar-refractivity contribution in [3.63, 3.8) is 0 Å². The molecule has 0 saturated carbocycles. The van der Waals surface area contributed by atoms with E-state index in [2.05, 4.69) is 15.3 Å². The third-order valence-electron chi connectivity index (χ3n) is 3.04. The number of nitrogens with one attached hydrogen (secondary N) is 2. The van der Waals surface area contributed by atoms with E-state index in [9.17, 15) is 9.59 Å². The molecule has 2 rings (SSSR count). The molecule has 0 radical (unpaired) electrons. The highest BCUT2D eigenvalue weighted by Crippen LogP contribution is 2.25. The molecule has 0 aliphatic rings. The Morgan fingerprint density at radius 2 is 2.13 bits per heavy atom. The summed E-state index contributed by atoms with van der Waals surface area (Å²) in [5, 5.41) is 4.97. The lowest BCUT2D eigenvalue weighted by molar-refractivity contribution is -0.117. The number of aromatic nitrogens is 2. The van der Waals surface area contributed by atoms with E-state index in [-0.39, 0.29) is 18.3 Å². The molecular formula is C14H20ClN5O2S. The number of nitrogens with zero attached hydrogens (tertiary/aromatic N) is 1. The minimum Gasteiger partial charge on any atom is -0.364 e. The maximum absolute atomic E-state index is 12.0. The van der Waals surface area contributed by atoms with Gasteiger partial charge in [-0.05, 0) is 18.4 Å². The molecule has 0 spiro atoms. The van der Waals surface area contributed by atoms with E-state index in [1.54, 1.807) is 17.6 Å². The summed E-state index contributed by atoms with van der Waals surface area (Å²) in [7, 11) is 0. The third kappa shape index (κ3) is 5.05. The largest absolute Gasteiger partial charge is 0.364 e. The highest BCUT2D eigenvalue weighted by molar-refractivity contribution is 7.14. The van der Waals surface area contributed by atoms with Crippen molar-refractivity contribution in [2.24, 2.45) is 17.4 Å². The topological polar surface area (TPSA) is 127 Å². The first-order valence-electron chi connectivity index (χ1n) is 6.87. The number of thiazole rings is 1. The van der Waals surface area contributed by atoms with Crippen LogP contribution in [0.15, 0.2) is 17.6 Å². The molecule has 0 aromatic carbocycles. The van der Waals surface area contributed by atoms with Crippen LogP contribution in [0, 0.1) is 5.92 Å². The Morgan fingerprint density at radius 1 is 1.43 bits per heavy atom. The molecule has 0 aliphatic carbocycles. The molecular weight excluding hydrogens is 338 g/mol. The monoisotopic (exact) mass is 357 g/mol. The summed E-state index contributed by atoms with van der Waals surface area (Å²) in [5.41, 5.74) is 12.7. The van der Waals surface area contributed by atoms with Crippen LogP contribution in [0.25, 0.3) is 11.3 Å². The van der Waals surface area contributed by atoms with Crippen molar-refractivity contribution in [1.29, 1.82) is 0 Å². The summed E-state index contributed by atoms with van der Waals surface area (Å²) in [6, 6.07) is 1.06. The van der Waals surface area contributed by atoms with Crippen molar-refractivity contribution >= 4 is 40.7 Å². The summed E-state index contributed by atoms with van der Waals surface area (Å²) >= 11 is 1.30. The molecule has 0 aliphatic heterocycles. The van der Waals surface area contributed by atoms with E-state index < -0.39 is 11.9 Å². The van der Waals surface area contributed by atoms with Gasteiger partial charge >= 0.3 is 0 Å². The zero-order valence-electron chi connectivity index (χ0n) is 12.8. The van der Waals surface area contributed by atoms with Crippen molar-refractivity contribution in [1.82, 2.24) is 9.97 Å². The lowest BCUT2D eigenvalue weighted by Gasteiger charge is -2.12. The number of halogens is 1. The van der Waals surface area contributed by atoms with E-state index in [1.165, 1.54) is 11.3 Å². The molecule has 0 fully saturated rings. The minimum absolute atomic E-state index is 0. The van der Waals surface area contributed by atoms with Crippen LogP contribution in [-0.2, 0) is 4.79 Å². The lowest BCUT2D eigenvalue weighted by atomic mass is 10.0. The van der Waals surface area contributed by atoms with Crippen LogP contribution in [0.4, 0.5) is 5.13 Å². The summed E-state index contributed by atoms with van der Waals surface area (Å²) in [5.74, 6) is -0.434. The first-order valence-corrected chi connectivity index (χ1v) is 7.75. The van der Waals surface area contributed by atoms with Gasteiger partial charge in [-0.2, -0.15) is 0 Å². The third-order valence-corrected chi connectivity index (χ3v) is 3.80. The first kappa shape index (κ1) is 19.1. The minimum atomic E-state index is -0.555. The van der Waals surface area contributed by atoms with E-state index in [0.717, 1.165) is 5.56 Å². The maximum Gasteiger partial charge on any atom is 0.265 e. The van der Waals surface area contributed by atoms with Gasteiger partial charge in [0.2, 0.25) is 5.91 Å². The smallest absolute Gasteiger partial charge is 0.265 e. The van der Waals surface area contributed by atoms with E-state index in [1.807, 2.05) is 13.8 Å². The fraction of sp³-hybridized carbons (Fsp3) is 0.357. The average Bonchev–Trinajstić information content (AvgIpc) is 3.05. The van der Waals surface area contributed by atoms with E-state index in [4.69, 9.17) is 11.5 Å². The first-order chi connectivity index (χ1) is 10.4. The van der Waals surface area contributed by atoms with Gasteiger partial charge in [0.1, 0.15) is 5.69 Å². The second kappa shape index (κ2) is 8.09. The van der Waals surface area contributed by atoms with Crippen LogP contribution in [0.2, 0.25) is 0 Å². The van der Waals surface area contributed by atoms with E-state index in [0.29, 0.717) is 28.9 Å². The Kier molecular flexibility index (Phi) is 6.74. The number of amides is 2. The van der Waals surface area contributed by atoms with Gasteiger partial charge in [-0.15, -0.1) is 23.7 Å². The van der Waals surface area contributed by atoms with Crippen LogP contribution >= 0.6 is 23.7 Å². The SMILES string of the molecule is CC(C)C[C@H](N)C(=O)Nc1nc(-c2c[nH]c(C(N)=O)c2)cs1.Cl. The van der Waals surface area contributed by atoms with Gasteiger partial charge in [-0.25, -0.2) is 4.98 Å². The van der Waals surface area contributed by atoms with Crippen LogP contribution in [0.3, 0.4) is 0 Å². The molecule has 126 valence electrons. The second-order valence-electron chi connectivity index (χ2n) is 5.43. The van der Waals surface area contributed by atoms with Crippen molar-refractivity contribution in [2.45, 2.75) is 26.3 Å². The van der Waals surface area contributed by atoms with Crippen molar-refractivity contribution in [3.8, 4) is 11.3 Å². The summed E-state index contributed by atoms with van der Waals surface area (Å²) in [4.78, 5) is 30.1. The van der Waals surface area contributed by atoms with Gasteiger partial charge in [0.05, 0.1) is 11.7 Å². The standard InChI is InChI=1S/C14H19N5O2S.ClH/c1-7(2)3-9(15)13(21)19-14-18-11(6-22-14)8-4-10(12(16)20)17-5-8;/h4-7,9,17H,3,15H2,1-2H3,(H2,16,20)(H,18,19,21);1H/t9-;/m0./s1. The van der Waals surface area contributed by atoms with Crippen molar-refractivity contribution < 1.29 is 9.59 Å². The lowest BCUT2D eigenvalue weighted by Crippen LogP contribution is -2.36. The van der Waals surface area contributed by atoms with Gasteiger partial charge in [0.25, 0.3) is 5.91 Å².